The maximum absolute atomic E-state index is 12.8. The van der Waals surface area contributed by atoms with Crippen molar-refractivity contribution < 1.29 is 4.79 Å². The summed E-state index contributed by atoms with van der Waals surface area (Å²) in [6, 6.07) is 17.6. The van der Waals surface area contributed by atoms with E-state index in [4.69, 9.17) is 4.98 Å². The number of rotatable bonds is 4. The summed E-state index contributed by atoms with van der Waals surface area (Å²) in [5.41, 5.74) is 5.80. The van der Waals surface area contributed by atoms with Crippen LogP contribution in [0.3, 0.4) is 0 Å². The minimum Gasteiger partial charge on any atom is -0.324 e. The average Bonchev–Trinajstić information content (AvgIpc) is 3.05. The number of para-hydroxylation sites is 2. The van der Waals surface area contributed by atoms with Crippen LogP contribution in [0.4, 0.5) is 5.69 Å². The zero-order chi connectivity index (χ0) is 18.8. The topological polar surface area (TPSA) is 59.8 Å². The molecule has 0 aliphatic rings. The molecule has 0 aliphatic heterocycles. The van der Waals surface area contributed by atoms with Gasteiger partial charge in [-0.1, -0.05) is 24.3 Å². The molecule has 0 atom stereocenters. The minimum absolute atomic E-state index is 0.0813. The molecule has 0 fully saturated rings. The normalized spacial score (nSPS) is 10.9. The van der Waals surface area contributed by atoms with E-state index in [1.165, 1.54) is 0 Å². The van der Waals surface area contributed by atoms with Crippen molar-refractivity contribution in [2.24, 2.45) is 0 Å². The van der Waals surface area contributed by atoms with Crippen molar-refractivity contribution in [3.05, 3.63) is 78.1 Å². The molecule has 5 heteroatoms. The van der Waals surface area contributed by atoms with Gasteiger partial charge in [0, 0.05) is 23.6 Å². The Bertz CT molecular complexity index is 1120. The predicted octanol–water partition coefficient (Wildman–Crippen LogP) is 4.35. The average molecular weight is 356 g/mol. The van der Waals surface area contributed by atoms with Gasteiger partial charge in [-0.2, -0.15) is 0 Å². The molecule has 2 aromatic heterocycles. The molecular weight excluding hydrogens is 336 g/mol. The van der Waals surface area contributed by atoms with Crippen LogP contribution in [0.2, 0.25) is 0 Å². The molecule has 5 nitrogen and oxygen atoms in total. The van der Waals surface area contributed by atoms with E-state index in [1.54, 1.807) is 12.4 Å². The number of aryl methyl sites for hydroxylation is 1. The smallest absolute Gasteiger partial charge is 0.244 e. The van der Waals surface area contributed by atoms with Gasteiger partial charge in [-0.3, -0.25) is 9.78 Å². The van der Waals surface area contributed by atoms with Crippen LogP contribution < -0.4 is 5.32 Å². The van der Waals surface area contributed by atoms with Crippen molar-refractivity contribution in [2.75, 3.05) is 5.32 Å². The Morgan fingerprint density at radius 2 is 1.78 bits per heavy atom. The first kappa shape index (κ1) is 17.0. The van der Waals surface area contributed by atoms with E-state index in [9.17, 15) is 4.79 Å². The second kappa shape index (κ2) is 7.03. The zero-order valence-electron chi connectivity index (χ0n) is 15.3. The van der Waals surface area contributed by atoms with Gasteiger partial charge in [-0.15, -0.1) is 0 Å². The van der Waals surface area contributed by atoms with E-state index < -0.39 is 0 Å². The van der Waals surface area contributed by atoms with Gasteiger partial charge < -0.3 is 9.88 Å². The lowest BCUT2D eigenvalue weighted by Crippen LogP contribution is -2.20. The van der Waals surface area contributed by atoms with Gasteiger partial charge in [-0.25, -0.2) is 4.98 Å². The number of carbonyl (C=O) groups excluding carboxylic acids is 1. The maximum Gasteiger partial charge on any atom is 0.244 e. The van der Waals surface area contributed by atoms with Crippen LogP contribution in [0.25, 0.3) is 22.4 Å². The quantitative estimate of drug-likeness (QED) is 0.591. The van der Waals surface area contributed by atoms with E-state index in [0.29, 0.717) is 0 Å². The largest absolute Gasteiger partial charge is 0.324 e. The molecule has 2 aromatic carbocycles. The number of carbonyl (C=O) groups is 1. The third-order valence-corrected chi connectivity index (χ3v) is 4.77. The molecular formula is C22H20N4O. The third-order valence-electron chi connectivity index (χ3n) is 4.77. The Kier molecular flexibility index (Phi) is 4.42. The molecule has 0 unspecified atom stereocenters. The Hall–Kier alpha value is -3.47. The predicted molar refractivity (Wildman–Crippen MR) is 108 cm³/mol. The van der Waals surface area contributed by atoms with Crippen molar-refractivity contribution in [3.8, 4) is 11.4 Å². The van der Waals surface area contributed by atoms with Gasteiger partial charge in [0.2, 0.25) is 5.91 Å². The lowest BCUT2D eigenvalue weighted by atomic mass is 10.1. The molecule has 1 N–H and O–H groups in total. The highest BCUT2D eigenvalue weighted by Crippen LogP contribution is 2.25. The zero-order valence-corrected chi connectivity index (χ0v) is 15.3. The number of anilines is 1. The van der Waals surface area contributed by atoms with Crippen molar-refractivity contribution in [1.82, 2.24) is 14.5 Å². The molecule has 0 bridgehead atoms. The van der Waals surface area contributed by atoms with Gasteiger partial charge in [-0.05, 0) is 55.3 Å². The van der Waals surface area contributed by atoms with Crippen LogP contribution in [0.15, 0.2) is 67.0 Å². The Labute approximate surface area is 157 Å². The number of nitrogens with zero attached hydrogens (tertiary/aromatic N) is 3. The Morgan fingerprint density at radius 1 is 1.00 bits per heavy atom. The summed E-state index contributed by atoms with van der Waals surface area (Å²) in [5, 5.41) is 3.03. The SMILES string of the molecule is Cc1cccc(NC(=O)Cn2c(-c3ccncc3)nc3ccccc32)c1C. The maximum atomic E-state index is 12.8. The molecule has 2 heterocycles. The molecule has 4 aromatic rings. The summed E-state index contributed by atoms with van der Waals surface area (Å²) in [6.07, 6.45) is 3.46. The van der Waals surface area contributed by atoms with E-state index >= 15 is 0 Å². The molecule has 1 amide bonds. The van der Waals surface area contributed by atoms with Crippen molar-refractivity contribution >= 4 is 22.6 Å². The summed E-state index contributed by atoms with van der Waals surface area (Å²) >= 11 is 0. The van der Waals surface area contributed by atoms with Gasteiger partial charge in [0.15, 0.2) is 0 Å². The fourth-order valence-corrected chi connectivity index (χ4v) is 3.18. The molecule has 0 saturated heterocycles. The first-order valence-electron chi connectivity index (χ1n) is 8.85. The number of nitrogens with one attached hydrogen (secondary N) is 1. The van der Waals surface area contributed by atoms with Gasteiger partial charge in [0.25, 0.3) is 0 Å². The number of amides is 1. The molecule has 0 spiro atoms. The highest BCUT2D eigenvalue weighted by molar-refractivity contribution is 5.93. The molecule has 27 heavy (non-hydrogen) atoms. The molecule has 4 rings (SSSR count). The van der Waals surface area contributed by atoms with Crippen LogP contribution in [0, 0.1) is 13.8 Å². The highest BCUT2D eigenvalue weighted by atomic mass is 16.1. The van der Waals surface area contributed by atoms with Crippen LogP contribution in [-0.2, 0) is 11.3 Å². The van der Waals surface area contributed by atoms with Crippen LogP contribution in [0.1, 0.15) is 11.1 Å². The highest BCUT2D eigenvalue weighted by Gasteiger charge is 2.15. The second-order valence-electron chi connectivity index (χ2n) is 6.54. The van der Waals surface area contributed by atoms with Crippen LogP contribution >= 0.6 is 0 Å². The van der Waals surface area contributed by atoms with Crippen molar-refractivity contribution in [2.45, 2.75) is 20.4 Å². The number of fused-ring (bicyclic) bond motifs is 1. The number of pyridine rings is 1. The fourth-order valence-electron chi connectivity index (χ4n) is 3.18. The lowest BCUT2D eigenvalue weighted by molar-refractivity contribution is -0.116. The van der Waals surface area contributed by atoms with E-state index in [0.717, 1.165) is 39.2 Å². The number of aromatic nitrogens is 3. The first-order valence-corrected chi connectivity index (χ1v) is 8.85. The summed E-state index contributed by atoms with van der Waals surface area (Å²) in [6.45, 7) is 4.24. The number of hydrogen-bond donors (Lipinski definition) is 1. The van der Waals surface area contributed by atoms with Gasteiger partial charge in [0.1, 0.15) is 12.4 Å². The van der Waals surface area contributed by atoms with Gasteiger partial charge >= 0.3 is 0 Å². The first-order chi connectivity index (χ1) is 13.1. The summed E-state index contributed by atoms with van der Waals surface area (Å²) < 4.78 is 1.95. The summed E-state index contributed by atoms with van der Waals surface area (Å²) in [5.74, 6) is 0.678. The number of benzene rings is 2. The molecule has 0 radical (unpaired) electrons. The monoisotopic (exact) mass is 356 g/mol. The Balaban J connectivity index is 1.70. The van der Waals surface area contributed by atoms with Crippen LogP contribution in [-0.4, -0.2) is 20.4 Å². The van der Waals surface area contributed by atoms with Crippen molar-refractivity contribution in [3.63, 3.8) is 0 Å². The van der Waals surface area contributed by atoms with Crippen molar-refractivity contribution in [1.29, 1.82) is 0 Å². The molecule has 0 saturated carbocycles. The standard InChI is InChI=1S/C22H20N4O/c1-15-6-5-8-18(16(15)2)24-21(27)14-26-20-9-4-3-7-19(20)25-22(26)17-10-12-23-13-11-17/h3-13H,14H2,1-2H3,(H,24,27). The summed E-state index contributed by atoms with van der Waals surface area (Å²) in [4.78, 5) is 21.6. The third kappa shape index (κ3) is 3.31. The number of hydrogen-bond acceptors (Lipinski definition) is 3. The van der Waals surface area contributed by atoms with E-state index in [1.807, 2.05) is 73.0 Å². The lowest BCUT2D eigenvalue weighted by Gasteiger charge is -2.12. The van der Waals surface area contributed by atoms with E-state index in [2.05, 4.69) is 10.3 Å². The number of imidazole rings is 1. The second-order valence-corrected chi connectivity index (χ2v) is 6.54. The Morgan fingerprint density at radius 3 is 2.59 bits per heavy atom. The minimum atomic E-state index is -0.0813. The molecule has 134 valence electrons. The van der Waals surface area contributed by atoms with Gasteiger partial charge in [0.05, 0.1) is 11.0 Å². The van der Waals surface area contributed by atoms with E-state index in [-0.39, 0.29) is 12.5 Å². The molecule has 0 aliphatic carbocycles. The summed E-state index contributed by atoms with van der Waals surface area (Å²) in [7, 11) is 0. The van der Waals surface area contributed by atoms with Crippen LogP contribution in [0.5, 0.6) is 0 Å². The fraction of sp³-hybridized carbons (Fsp3) is 0.136.